The number of thiazole rings is 1. The van der Waals surface area contributed by atoms with Crippen LogP contribution in [0, 0.1) is 6.92 Å². The third kappa shape index (κ3) is 5.83. The monoisotopic (exact) mass is 539 g/mol. The van der Waals surface area contributed by atoms with Crippen LogP contribution in [0.1, 0.15) is 41.6 Å². The lowest BCUT2D eigenvalue weighted by molar-refractivity contribution is -0.116. The predicted molar refractivity (Wildman–Crippen MR) is 158 cm³/mol. The average molecular weight is 540 g/mol. The second-order valence-corrected chi connectivity index (χ2v) is 10.5. The minimum Gasteiger partial charge on any atom is -0.397 e. The van der Waals surface area contributed by atoms with E-state index in [4.69, 9.17) is 5.73 Å². The van der Waals surface area contributed by atoms with Gasteiger partial charge in [-0.25, -0.2) is 4.98 Å². The average Bonchev–Trinajstić information content (AvgIpc) is 3.35. The van der Waals surface area contributed by atoms with Crippen LogP contribution < -0.4 is 21.8 Å². The number of nitrogens with two attached hydrogens (primary N) is 1. The van der Waals surface area contributed by atoms with Gasteiger partial charge in [-0.2, -0.15) is 0 Å². The highest BCUT2D eigenvalue weighted by Crippen LogP contribution is 2.28. The van der Waals surface area contributed by atoms with Gasteiger partial charge in [-0.15, -0.1) is 0 Å². The molecule has 2 amide bonds. The summed E-state index contributed by atoms with van der Waals surface area (Å²) in [6.45, 7) is 2.58. The largest absolute Gasteiger partial charge is 0.397 e. The first-order valence-corrected chi connectivity index (χ1v) is 13.7. The van der Waals surface area contributed by atoms with Crippen molar-refractivity contribution >= 4 is 60.8 Å². The first kappa shape index (κ1) is 26.1. The number of amides is 2. The number of fused-ring (bicyclic) bond motifs is 2. The number of carbonyl (C=O) groups is 2. The molecule has 5 rings (SSSR count). The van der Waals surface area contributed by atoms with Gasteiger partial charge in [0, 0.05) is 24.5 Å². The summed E-state index contributed by atoms with van der Waals surface area (Å²) in [5.41, 5.74) is 9.45. The maximum atomic E-state index is 13.2. The normalized spacial score (nSPS) is 11.1. The van der Waals surface area contributed by atoms with Crippen LogP contribution in [-0.4, -0.2) is 21.4 Å². The number of hydrogen-bond donors (Lipinski definition) is 3. The highest BCUT2D eigenvalue weighted by Gasteiger charge is 2.17. The van der Waals surface area contributed by atoms with Crippen LogP contribution in [0.15, 0.2) is 77.7 Å². The molecule has 0 atom stereocenters. The molecule has 39 heavy (non-hydrogen) atoms. The van der Waals surface area contributed by atoms with E-state index >= 15 is 0 Å². The first-order valence-electron chi connectivity index (χ1n) is 12.8. The van der Waals surface area contributed by atoms with E-state index in [1.165, 1.54) is 11.3 Å². The fourth-order valence-corrected chi connectivity index (χ4v) is 5.50. The van der Waals surface area contributed by atoms with Crippen molar-refractivity contribution in [3.63, 3.8) is 0 Å². The minimum atomic E-state index is -0.479. The summed E-state index contributed by atoms with van der Waals surface area (Å²) >= 11 is 1.38. The molecule has 0 unspecified atom stereocenters. The Labute approximate surface area is 229 Å². The van der Waals surface area contributed by atoms with Gasteiger partial charge < -0.3 is 15.6 Å². The number of aromatic nitrogens is 2. The van der Waals surface area contributed by atoms with Gasteiger partial charge in [0.05, 0.1) is 27.1 Å². The molecule has 0 spiro atoms. The zero-order chi connectivity index (χ0) is 27.4. The van der Waals surface area contributed by atoms with E-state index in [0.717, 1.165) is 34.1 Å². The molecule has 0 bridgehead atoms. The number of nitrogens with one attached hydrogen (secondary N) is 2. The van der Waals surface area contributed by atoms with E-state index in [9.17, 15) is 14.4 Å². The Morgan fingerprint density at radius 3 is 2.56 bits per heavy atom. The third-order valence-electron chi connectivity index (χ3n) is 6.61. The van der Waals surface area contributed by atoms with Crippen molar-refractivity contribution < 1.29 is 9.59 Å². The van der Waals surface area contributed by atoms with Gasteiger partial charge >= 0.3 is 0 Å². The molecule has 0 aliphatic heterocycles. The minimum absolute atomic E-state index is 0.0736. The quantitative estimate of drug-likeness (QED) is 0.158. The first-order chi connectivity index (χ1) is 18.9. The van der Waals surface area contributed by atoms with Crippen molar-refractivity contribution in [3.05, 3.63) is 94.3 Å². The second kappa shape index (κ2) is 11.5. The number of para-hydroxylation sites is 4. The summed E-state index contributed by atoms with van der Waals surface area (Å²) in [5, 5.41) is 6.62. The van der Waals surface area contributed by atoms with Gasteiger partial charge in [0.15, 0.2) is 5.13 Å². The molecule has 8 nitrogen and oxygen atoms in total. The van der Waals surface area contributed by atoms with Gasteiger partial charge in [0.2, 0.25) is 11.3 Å². The molecule has 0 saturated heterocycles. The van der Waals surface area contributed by atoms with Crippen LogP contribution in [0.2, 0.25) is 0 Å². The van der Waals surface area contributed by atoms with Gasteiger partial charge in [0.25, 0.3) is 5.91 Å². The van der Waals surface area contributed by atoms with Gasteiger partial charge in [-0.3, -0.25) is 19.7 Å². The van der Waals surface area contributed by atoms with Crippen molar-refractivity contribution in [3.8, 4) is 0 Å². The number of benzene rings is 3. The number of pyridine rings is 1. The summed E-state index contributed by atoms with van der Waals surface area (Å²) < 4.78 is 2.92. The smallest absolute Gasteiger partial charge is 0.262 e. The zero-order valence-corrected chi connectivity index (χ0v) is 22.4. The molecular weight excluding hydrogens is 510 g/mol. The maximum absolute atomic E-state index is 13.2. The molecule has 0 radical (unpaired) electrons. The van der Waals surface area contributed by atoms with Crippen molar-refractivity contribution in [2.24, 2.45) is 0 Å². The maximum Gasteiger partial charge on any atom is 0.262 e. The number of nitrogen functional groups attached to an aromatic ring is 1. The zero-order valence-electron chi connectivity index (χ0n) is 21.6. The molecule has 4 N–H and O–H groups in total. The Balaban J connectivity index is 1.26. The van der Waals surface area contributed by atoms with Crippen molar-refractivity contribution in [1.29, 1.82) is 0 Å². The van der Waals surface area contributed by atoms with Crippen LogP contribution in [0.5, 0.6) is 0 Å². The Morgan fingerprint density at radius 2 is 1.74 bits per heavy atom. The number of rotatable bonds is 9. The lowest BCUT2D eigenvalue weighted by atomic mass is 10.1. The van der Waals surface area contributed by atoms with E-state index in [1.54, 1.807) is 30.5 Å². The van der Waals surface area contributed by atoms with E-state index in [-0.39, 0.29) is 16.9 Å². The van der Waals surface area contributed by atoms with Crippen LogP contribution in [0.25, 0.3) is 21.1 Å². The van der Waals surface area contributed by atoms with E-state index in [0.29, 0.717) is 41.3 Å². The highest BCUT2D eigenvalue weighted by molar-refractivity contribution is 7.22. The van der Waals surface area contributed by atoms with Crippen LogP contribution in [-0.2, 0) is 11.3 Å². The SMILES string of the molecule is Cc1cccc2sc(NC(=O)c3cn(CCCCCC(=O)Nc4ccccc4N)c4ccccc4c3=O)nc12. The number of hydrogen-bond acceptors (Lipinski definition) is 6. The van der Waals surface area contributed by atoms with Crippen LogP contribution in [0.3, 0.4) is 0 Å². The number of anilines is 3. The van der Waals surface area contributed by atoms with Gasteiger partial charge in [-0.1, -0.05) is 54.2 Å². The van der Waals surface area contributed by atoms with E-state index in [1.807, 2.05) is 54.0 Å². The van der Waals surface area contributed by atoms with Gasteiger partial charge in [0.1, 0.15) is 5.56 Å². The van der Waals surface area contributed by atoms with Crippen LogP contribution in [0.4, 0.5) is 16.5 Å². The Hall–Kier alpha value is -4.50. The number of unbranched alkanes of at least 4 members (excludes halogenated alkanes) is 2. The molecule has 2 aromatic heterocycles. The molecule has 0 fully saturated rings. The molecule has 9 heteroatoms. The van der Waals surface area contributed by atoms with E-state index in [2.05, 4.69) is 15.6 Å². The lowest BCUT2D eigenvalue weighted by Crippen LogP contribution is -2.24. The Bertz CT molecular complexity index is 1740. The molecule has 0 aliphatic rings. The van der Waals surface area contributed by atoms with Gasteiger partial charge in [-0.05, 0) is 55.7 Å². The standard InChI is InChI=1S/C30H29N5O3S/c1-19-10-9-15-25-27(19)33-30(39-25)34-29(38)21-18-35(24-14-7-4-11-20(24)28(21)37)17-8-2-3-16-26(36)32-23-13-6-5-12-22(23)31/h4-7,9-15,18H,2-3,8,16-17,31H2,1H3,(H,32,36)(H,33,34,38). The number of aryl methyl sites for hydroxylation is 2. The van der Waals surface area contributed by atoms with Crippen molar-refractivity contribution in [2.75, 3.05) is 16.4 Å². The molecule has 2 heterocycles. The molecule has 3 aromatic carbocycles. The van der Waals surface area contributed by atoms with E-state index < -0.39 is 5.91 Å². The molecule has 5 aromatic rings. The third-order valence-corrected chi connectivity index (χ3v) is 7.55. The van der Waals surface area contributed by atoms with Crippen LogP contribution >= 0.6 is 11.3 Å². The summed E-state index contributed by atoms with van der Waals surface area (Å²) in [7, 11) is 0. The predicted octanol–water partition coefficient (Wildman–Crippen LogP) is 5.95. The topological polar surface area (TPSA) is 119 Å². The fraction of sp³-hybridized carbons (Fsp3) is 0.200. The number of nitrogens with zero attached hydrogens (tertiary/aromatic N) is 2. The lowest BCUT2D eigenvalue weighted by Gasteiger charge is -2.13. The van der Waals surface area contributed by atoms with Crippen molar-refractivity contribution in [2.45, 2.75) is 39.2 Å². The molecule has 0 saturated carbocycles. The summed E-state index contributed by atoms with van der Waals surface area (Å²) in [5.74, 6) is -0.557. The molecular formula is C30H29N5O3S. The Kier molecular flexibility index (Phi) is 7.69. The summed E-state index contributed by atoms with van der Waals surface area (Å²) in [6.07, 6.45) is 4.32. The summed E-state index contributed by atoms with van der Waals surface area (Å²) in [6, 6.07) is 20.4. The second-order valence-electron chi connectivity index (χ2n) is 9.42. The molecule has 0 aliphatic carbocycles. The Morgan fingerprint density at radius 1 is 0.949 bits per heavy atom. The highest BCUT2D eigenvalue weighted by atomic mass is 32.1. The molecule has 198 valence electrons. The summed E-state index contributed by atoms with van der Waals surface area (Å²) in [4.78, 5) is 43.3. The fourth-order valence-electron chi connectivity index (χ4n) is 4.56. The van der Waals surface area contributed by atoms with Crippen molar-refractivity contribution in [1.82, 2.24) is 9.55 Å². The number of carbonyl (C=O) groups excluding carboxylic acids is 2.